The first-order chi connectivity index (χ1) is 30.7. The molecule has 4 aromatic heterocycles. The summed E-state index contributed by atoms with van der Waals surface area (Å²) in [5, 5.41) is 4.67. The zero-order valence-corrected chi connectivity index (χ0v) is 33.5. The van der Waals surface area contributed by atoms with Crippen molar-refractivity contribution in [2.75, 3.05) is 0 Å². The third-order valence-corrected chi connectivity index (χ3v) is 11.8. The predicted molar refractivity (Wildman–Crippen MR) is 253 cm³/mol. The van der Waals surface area contributed by atoms with Gasteiger partial charge in [0.2, 0.25) is 5.95 Å². The van der Waals surface area contributed by atoms with Gasteiger partial charge in [-0.2, -0.15) is 9.97 Å². The largest absolute Gasteiger partial charge is 0.309 e. The van der Waals surface area contributed by atoms with Crippen LogP contribution < -0.4 is 0 Å². The van der Waals surface area contributed by atoms with Crippen LogP contribution in [0.2, 0.25) is 0 Å². The second-order valence-electron chi connectivity index (χ2n) is 15.5. The minimum absolute atomic E-state index is 0.550. The molecule has 0 saturated heterocycles. The number of hydrogen-bond donors (Lipinski definition) is 0. The Morgan fingerprint density at radius 1 is 0.258 bits per heavy atom. The van der Waals surface area contributed by atoms with Crippen molar-refractivity contribution in [2.24, 2.45) is 0 Å². The third kappa shape index (κ3) is 6.04. The Kier molecular flexibility index (Phi) is 8.38. The number of rotatable bonds is 7. The molecule has 0 fully saturated rings. The average molecular weight is 793 g/mol. The normalized spacial score (nSPS) is 11.5. The summed E-state index contributed by atoms with van der Waals surface area (Å²) >= 11 is 0. The fraction of sp³-hybridized carbons (Fsp3) is 0. The van der Waals surface area contributed by atoms with E-state index in [0.717, 1.165) is 83.3 Å². The van der Waals surface area contributed by atoms with E-state index >= 15 is 0 Å². The van der Waals surface area contributed by atoms with E-state index in [1.54, 1.807) is 0 Å². The molecule has 0 spiro atoms. The van der Waals surface area contributed by atoms with Crippen molar-refractivity contribution in [3.8, 4) is 68.1 Å². The Balaban J connectivity index is 1.08. The van der Waals surface area contributed by atoms with E-state index in [1.807, 2.05) is 30.3 Å². The highest BCUT2D eigenvalue weighted by atomic mass is 15.2. The van der Waals surface area contributed by atoms with Crippen molar-refractivity contribution >= 4 is 43.6 Å². The molecule has 4 heterocycles. The van der Waals surface area contributed by atoms with Gasteiger partial charge < -0.3 is 4.57 Å². The van der Waals surface area contributed by atoms with Gasteiger partial charge in [-0.3, -0.25) is 4.57 Å². The van der Waals surface area contributed by atoms with Crippen LogP contribution in [-0.2, 0) is 0 Å². The van der Waals surface area contributed by atoms with Gasteiger partial charge in [-0.05, 0) is 65.7 Å². The number of pyridine rings is 1. The molecule has 0 aliphatic heterocycles. The van der Waals surface area contributed by atoms with Crippen molar-refractivity contribution < 1.29 is 0 Å². The van der Waals surface area contributed by atoms with Crippen LogP contribution in [0.25, 0.3) is 112 Å². The van der Waals surface area contributed by atoms with Crippen molar-refractivity contribution in [3.05, 3.63) is 218 Å². The maximum Gasteiger partial charge on any atom is 0.238 e. The lowest BCUT2D eigenvalue weighted by Crippen LogP contribution is -2.06. The van der Waals surface area contributed by atoms with E-state index in [4.69, 9.17) is 19.9 Å². The van der Waals surface area contributed by atoms with Gasteiger partial charge in [0.05, 0.1) is 33.5 Å². The molecule has 290 valence electrons. The van der Waals surface area contributed by atoms with Crippen molar-refractivity contribution in [1.29, 1.82) is 0 Å². The molecule has 12 rings (SSSR count). The molecule has 12 aromatic rings. The molecule has 0 aliphatic rings. The van der Waals surface area contributed by atoms with Gasteiger partial charge in [-0.25, -0.2) is 9.97 Å². The number of aromatic nitrogens is 6. The third-order valence-electron chi connectivity index (χ3n) is 11.8. The quantitative estimate of drug-likeness (QED) is 0.161. The van der Waals surface area contributed by atoms with Crippen LogP contribution >= 0.6 is 0 Å². The zero-order valence-electron chi connectivity index (χ0n) is 33.5. The standard InChI is InChI=1S/C56H36N6/c1-5-18-37(19-6-1)48-33-42(34-49(57-48)38-20-7-2-8-21-38)40-24-17-25-41(32-40)55-58-54(39-22-9-3-10-23-39)59-56(60-55)62-51-31-16-14-29-45(51)47-35-46-44-28-13-15-30-50(44)61(52(46)36-53(47)62)43-26-11-4-12-27-43/h1-36H. The van der Waals surface area contributed by atoms with E-state index in [1.165, 1.54) is 10.8 Å². The molecule has 0 saturated carbocycles. The lowest BCUT2D eigenvalue weighted by atomic mass is 9.98. The second kappa shape index (κ2) is 14.7. The van der Waals surface area contributed by atoms with Gasteiger partial charge in [0.25, 0.3) is 0 Å². The first-order valence-electron chi connectivity index (χ1n) is 20.8. The molecule has 8 aromatic carbocycles. The van der Waals surface area contributed by atoms with Crippen LogP contribution in [0.3, 0.4) is 0 Å². The minimum Gasteiger partial charge on any atom is -0.309 e. The SMILES string of the molecule is c1ccc(-c2cc(-c3cccc(-c4nc(-c5ccccc5)nc(-n5c6ccccc6c6cc7c8ccccc8n(-c8ccccc8)c7cc65)n4)c3)cc(-c3ccccc3)n2)cc1. The smallest absolute Gasteiger partial charge is 0.238 e. The maximum absolute atomic E-state index is 5.36. The van der Waals surface area contributed by atoms with Crippen LogP contribution in [0.4, 0.5) is 0 Å². The molecule has 0 radical (unpaired) electrons. The van der Waals surface area contributed by atoms with Gasteiger partial charge in [0.15, 0.2) is 11.6 Å². The minimum atomic E-state index is 0.550. The lowest BCUT2D eigenvalue weighted by Gasteiger charge is -2.13. The molecule has 6 heteroatoms. The van der Waals surface area contributed by atoms with E-state index in [-0.39, 0.29) is 0 Å². The summed E-state index contributed by atoms with van der Waals surface area (Å²) in [6, 6.07) is 76.2. The maximum atomic E-state index is 5.36. The number of benzene rings is 8. The van der Waals surface area contributed by atoms with Crippen molar-refractivity contribution in [1.82, 2.24) is 29.1 Å². The van der Waals surface area contributed by atoms with Gasteiger partial charge in [-0.15, -0.1) is 0 Å². The Morgan fingerprint density at radius 3 is 1.34 bits per heavy atom. The first kappa shape index (κ1) is 35.5. The second-order valence-corrected chi connectivity index (χ2v) is 15.5. The number of fused-ring (bicyclic) bond motifs is 6. The van der Waals surface area contributed by atoms with Crippen molar-refractivity contribution in [3.63, 3.8) is 0 Å². The molecular formula is C56H36N6. The highest BCUT2D eigenvalue weighted by Gasteiger charge is 2.21. The average Bonchev–Trinajstić information content (AvgIpc) is 3.86. The fourth-order valence-electron chi connectivity index (χ4n) is 8.86. The van der Waals surface area contributed by atoms with Gasteiger partial charge >= 0.3 is 0 Å². The Labute approximate surface area is 357 Å². The summed E-state index contributed by atoms with van der Waals surface area (Å²) in [6.45, 7) is 0. The van der Waals surface area contributed by atoms with Crippen LogP contribution in [0.5, 0.6) is 0 Å². The van der Waals surface area contributed by atoms with E-state index in [0.29, 0.717) is 17.6 Å². The van der Waals surface area contributed by atoms with Gasteiger partial charge in [-0.1, -0.05) is 164 Å². The van der Waals surface area contributed by atoms with Gasteiger partial charge in [0, 0.05) is 49.5 Å². The molecular weight excluding hydrogens is 757 g/mol. The Bertz CT molecular complexity index is 3560. The monoisotopic (exact) mass is 792 g/mol. The first-order valence-corrected chi connectivity index (χ1v) is 20.8. The summed E-state index contributed by atoms with van der Waals surface area (Å²) in [6.07, 6.45) is 0. The number of para-hydroxylation sites is 3. The predicted octanol–water partition coefficient (Wildman–Crippen LogP) is 13.8. The van der Waals surface area contributed by atoms with E-state index in [9.17, 15) is 0 Å². The zero-order chi connectivity index (χ0) is 41.0. The highest BCUT2D eigenvalue weighted by molar-refractivity contribution is 6.19. The van der Waals surface area contributed by atoms with Crippen LogP contribution in [0.15, 0.2) is 218 Å². The molecule has 0 aliphatic carbocycles. The Hall–Kier alpha value is -8.48. The summed E-state index contributed by atoms with van der Waals surface area (Å²) in [5.74, 6) is 1.73. The molecule has 62 heavy (non-hydrogen) atoms. The van der Waals surface area contributed by atoms with Crippen LogP contribution in [-0.4, -0.2) is 29.1 Å². The summed E-state index contributed by atoms with van der Waals surface area (Å²) in [7, 11) is 0. The summed E-state index contributed by atoms with van der Waals surface area (Å²) in [5.41, 5.74) is 13.2. The van der Waals surface area contributed by atoms with E-state index < -0.39 is 0 Å². The summed E-state index contributed by atoms with van der Waals surface area (Å²) in [4.78, 5) is 21.0. The lowest BCUT2D eigenvalue weighted by molar-refractivity contribution is 0.953. The number of nitrogens with zero attached hydrogens (tertiary/aromatic N) is 6. The molecule has 0 bridgehead atoms. The number of hydrogen-bond acceptors (Lipinski definition) is 4. The van der Waals surface area contributed by atoms with Crippen LogP contribution in [0, 0.1) is 0 Å². The topological polar surface area (TPSA) is 61.4 Å². The molecule has 0 amide bonds. The molecule has 6 nitrogen and oxygen atoms in total. The van der Waals surface area contributed by atoms with E-state index in [2.05, 4.69) is 197 Å². The van der Waals surface area contributed by atoms with Crippen LogP contribution in [0.1, 0.15) is 0 Å². The fourth-order valence-corrected chi connectivity index (χ4v) is 8.86. The molecule has 0 unspecified atom stereocenters. The van der Waals surface area contributed by atoms with Crippen molar-refractivity contribution in [2.45, 2.75) is 0 Å². The summed E-state index contributed by atoms with van der Waals surface area (Å²) < 4.78 is 4.57. The molecule has 0 N–H and O–H groups in total. The molecule has 0 atom stereocenters. The van der Waals surface area contributed by atoms with Gasteiger partial charge in [0.1, 0.15) is 0 Å². The highest BCUT2D eigenvalue weighted by Crippen LogP contribution is 2.40. The Morgan fingerprint density at radius 2 is 0.726 bits per heavy atom.